The van der Waals surface area contributed by atoms with Gasteiger partial charge in [0.1, 0.15) is 5.75 Å². The molecule has 0 bridgehead atoms. The van der Waals surface area contributed by atoms with Crippen molar-refractivity contribution in [3.8, 4) is 17.0 Å². The smallest absolute Gasteiger partial charge is 0.453 e. The highest BCUT2D eigenvalue weighted by Gasteiger charge is 2.37. The number of alkyl halides is 3. The fourth-order valence-corrected chi connectivity index (χ4v) is 4.07. The van der Waals surface area contributed by atoms with Crippen molar-refractivity contribution in [3.05, 3.63) is 52.4 Å². The van der Waals surface area contributed by atoms with Gasteiger partial charge >= 0.3 is 6.18 Å². The van der Waals surface area contributed by atoms with E-state index in [-0.39, 0.29) is 24.5 Å². The molecule has 1 aromatic carbocycles. The van der Waals surface area contributed by atoms with E-state index in [2.05, 4.69) is 25.4 Å². The van der Waals surface area contributed by atoms with Crippen LogP contribution in [0.3, 0.4) is 0 Å². The first-order valence-corrected chi connectivity index (χ1v) is 10.7. The minimum atomic E-state index is -4.66. The van der Waals surface area contributed by atoms with Crippen LogP contribution in [-0.4, -0.2) is 37.6 Å². The molecule has 0 aliphatic heterocycles. The molecule has 172 valence electrons. The van der Waals surface area contributed by atoms with Crippen molar-refractivity contribution in [2.24, 2.45) is 0 Å². The monoisotopic (exact) mass is 476 g/mol. The summed E-state index contributed by atoms with van der Waals surface area (Å²) in [5.74, 6) is -0.899. The lowest BCUT2D eigenvalue weighted by Gasteiger charge is -2.10. The number of ether oxygens (including phenoxy) is 1. The highest BCUT2D eigenvalue weighted by Crippen LogP contribution is 2.28. The first-order valence-electron chi connectivity index (χ1n) is 9.85. The first kappa shape index (κ1) is 22.6. The van der Waals surface area contributed by atoms with Gasteiger partial charge in [0, 0.05) is 28.8 Å². The lowest BCUT2D eigenvalue weighted by Crippen LogP contribution is -2.14. The van der Waals surface area contributed by atoms with E-state index in [9.17, 15) is 18.0 Å². The van der Waals surface area contributed by atoms with E-state index < -0.39 is 12.0 Å². The first-order chi connectivity index (χ1) is 15.7. The van der Waals surface area contributed by atoms with E-state index in [1.165, 1.54) is 11.3 Å². The number of methoxy groups -OCH3 is 1. The predicted molar refractivity (Wildman–Crippen MR) is 116 cm³/mol. The molecule has 0 saturated heterocycles. The summed E-state index contributed by atoms with van der Waals surface area (Å²) < 4.78 is 45.0. The van der Waals surface area contributed by atoms with E-state index in [4.69, 9.17) is 4.74 Å². The lowest BCUT2D eigenvalue weighted by atomic mass is 10.1. The van der Waals surface area contributed by atoms with Crippen molar-refractivity contribution in [2.75, 3.05) is 12.4 Å². The Bertz CT molecular complexity index is 1310. The van der Waals surface area contributed by atoms with Gasteiger partial charge in [-0.05, 0) is 50.1 Å². The van der Waals surface area contributed by atoms with Crippen LogP contribution in [0.25, 0.3) is 17.0 Å². The fourth-order valence-electron chi connectivity index (χ4n) is 3.34. The minimum absolute atomic E-state index is 0.104. The predicted octanol–water partition coefficient (Wildman–Crippen LogP) is 4.46. The molecule has 0 aliphatic carbocycles. The molecule has 0 fully saturated rings. The van der Waals surface area contributed by atoms with Gasteiger partial charge in [-0.25, -0.2) is 14.5 Å². The number of rotatable bonds is 6. The molecule has 1 N–H and O–H groups in total. The number of thiazole rings is 1. The molecule has 33 heavy (non-hydrogen) atoms. The summed E-state index contributed by atoms with van der Waals surface area (Å²) in [6, 6.07) is 7.41. The Labute approximate surface area is 190 Å². The normalized spacial score (nSPS) is 11.7. The van der Waals surface area contributed by atoms with E-state index in [0.29, 0.717) is 22.1 Å². The average Bonchev–Trinajstić information content (AvgIpc) is 3.41. The number of fused-ring (bicyclic) bond motifs is 1. The molecular weight excluding hydrogens is 457 g/mol. The molecule has 0 saturated carbocycles. The number of aryl methyl sites for hydroxylation is 2. The summed E-state index contributed by atoms with van der Waals surface area (Å²) in [5.41, 5.74) is 3.24. The van der Waals surface area contributed by atoms with Crippen molar-refractivity contribution in [2.45, 2.75) is 32.9 Å². The molecular formula is C21H19F3N6O2S. The third-order valence-corrected chi connectivity index (χ3v) is 5.80. The molecule has 1 amide bonds. The van der Waals surface area contributed by atoms with Gasteiger partial charge in [-0.2, -0.15) is 18.2 Å². The van der Waals surface area contributed by atoms with Gasteiger partial charge in [0.05, 0.1) is 12.8 Å². The Morgan fingerprint density at radius 3 is 2.55 bits per heavy atom. The number of benzene rings is 1. The number of hydrogen-bond donors (Lipinski definition) is 1. The summed E-state index contributed by atoms with van der Waals surface area (Å²) in [4.78, 5) is 24.5. The van der Waals surface area contributed by atoms with E-state index in [0.717, 1.165) is 21.5 Å². The van der Waals surface area contributed by atoms with Crippen LogP contribution in [0.5, 0.6) is 5.75 Å². The van der Waals surface area contributed by atoms with Crippen LogP contribution in [0.1, 0.15) is 29.2 Å². The minimum Gasteiger partial charge on any atom is -0.497 e. The molecule has 0 radical (unpaired) electrons. The zero-order chi connectivity index (χ0) is 23.8. The number of amides is 1. The maximum Gasteiger partial charge on any atom is 0.453 e. The number of carbonyl (C=O) groups excluding carboxylic acids is 1. The number of halogens is 3. The molecule has 12 heteroatoms. The van der Waals surface area contributed by atoms with Crippen LogP contribution < -0.4 is 10.1 Å². The number of nitrogens with zero attached hydrogens (tertiary/aromatic N) is 5. The van der Waals surface area contributed by atoms with Crippen LogP contribution in [0.15, 0.2) is 29.6 Å². The Morgan fingerprint density at radius 1 is 1.15 bits per heavy atom. The highest BCUT2D eigenvalue weighted by molar-refractivity contribution is 7.14. The maximum absolute atomic E-state index is 12.9. The number of hydrogen-bond acceptors (Lipinski definition) is 7. The van der Waals surface area contributed by atoms with E-state index >= 15 is 0 Å². The number of nitrogens with one attached hydrogen (secondary N) is 1. The van der Waals surface area contributed by atoms with Crippen LogP contribution in [0.2, 0.25) is 0 Å². The quantitative estimate of drug-likeness (QED) is 0.442. The largest absolute Gasteiger partial charge is 0.497 e. The Balaban J connectivity index is 1.44. The molecule has 0 unspecified atom stereocenters. The molecule has 3 heterocycles. The third kappa shape index (κ3) is 4.80. The molecule has 4 rings (SSSR count). The highest BCUT2D eigenvalue weighted by atomic mass is 32.1. The lowest BCUT2D eigenvalue weighted by molar-refractivity contribution is -0.144. The van der Waals surface area contributed by atoms with E-state index in [1.54, 1.807) is 21.0 Å². The van der Waals surface area contributed by atoms with Gasteiger partial charge < -0.3 is 10.1 Å². The summed E-state index contributed by atoms with van der Waals surface area (Å²) in [6.07, 6.45) is -4.27. The zero-order valence-corrected chi connectivity index (χ0v) is 18.7. The van der Waals surface area contributed by atoms with Crippen molar-refractivity contribution in [1.29, 1.82) is 0 Å². The number of anilines is 1. The summed E-state index contributed by atoms with van der Waals surface area (Å²) in [5, 5.41) is 8.59. The Kier molecular flexibility index (Phi) is 6.02. The molecule has 0 atom stereocenters. The second kappa shape index (κ2) is 8.77. The van der Waals surface area contributed by atoms with Gasteiger partial charge in [-0.15, -0.1) is 16.4 Å². The van der Waals surface area contributed by atoms with E-state index in [1.807, 2.05) is 29.6 Å². The molecule has 8 nitrogen and oxygen atoms in total. The summed E-state index contributed by atoms with van der Waals surface area (Å²) in [7, 11) is 1.59. The number of carbonyl (C=O) groups is 1. The van der Waals surface area contributed by atoms with Crippen LogP contribution in [0, 0.1) is 13.8 Å². The Hall–Kier alpha value is -3.54. The number of aromatic nitrogens is 5. The molecule has 0 aliphatic rings. The average molecular weight is 476 g/mol. The van der Waals surface area contributed by atoms with Gasteiger partial charge in [-0.3, -0.25) is 4.79 Å². The SMILES string of the molecule is COc1ccc(-c2csc(NC(=O)CCc3c(C)nc4nc(C(F)(F)F)nn4c3C)n2)cc1. The molecule has 4 aromatic rings. The summed E-state index contributed by atoms with van der Waals surface area (Å²) in [6.45, 7) is 3.30. The summed E-state index contributed by atoms with van der Waals surface area (Å²) >= 11 is 1.30. The molecule has 0 spiro atoms. The maximum atomic E-state index is 12.9. The van der Waals surface area contributed by atoms with Gasteiger partial charge in [0.25, 0.3) is 11.6 Å². The van der Waals surface area contributed by atoms with Gasteiger partial charge in [0.2, 0.25) is 5.91 Å². The van der Waals surface area contributed by atoms with Crippen LogP contribution >= 0.6 is 11.3 Å². The van der Waals surface area contributed by atoms with Crippen molar-refractivity contribution >= 4 is 28.2 Å². The van der Waals surface area contributed by atoms with Crippen molar-refractivity contribution in [3.63, 3.8) is 0 Å². The second-order valence-corrected chi connectivity index (χ2v) is 8.08. The fraction of sp³-hybridized carbons (Fsp3) is 0.286. The zero-order valence-electron chi connectivity index (χ0n) is 17.9. The second-order valence-electron chi connectivity index (χ2n) is 7.22. The van der Waals surface area contributed by atoms with Gasteiger partial charge in [-0.1, -0.05) is 0 Å². The Morgan fingerprint density at radius 2 is 1.88 bits per heavy atom. The molecule has 3 aromatic heterocycles. The van der Waals surface area contributed by atoms with Crippen molar-refractivity contribution < 1.29 is 22.7 Å². The van der Waals surface area contributed by atoms with Crippen LogP contribution in [-0.2, 0) is 17.4 Å². The topological polar surface area (TPSA) is 94.3 Å². The standard InChI is InChI=1S/C21H19F3N6O2S/c1-11-15(12(2)30-19(25-11)28-18(29-30)21(22,23)24)8-9-17(31)27-20-26-16(10-33-20)13-4-6-14(32-3)7-5-13/h4-7,10H,8-9H2,1-3H3,(H,26,27,31). The van der Waals surface area contributed by atoms with Gasteiger partial charge in [0.15, 0.2) is 5.13 Å². The van der Waals surface area contributed by atoms with Crippen molar-refractivity contribution in [1.82, 2.24) is 24.6 Å². The third-order valence-electron chi connectivity index (χ3n) is 5.04. The van der Waals surface area contributed by atoms with Crippen LogP contribution in [0.4, 0.5) is 18.3 Å².